The number of hydrogen-bond acceptors (Lipinski definition) is 5. The maximum atomic E-state index is 9.21. The van der Waals surface area contributed by atoms with Gasteiger partial charge in [0.1, 0.15) is 11.9 Å². The molecule has 1 N–H and O–H groups in total. The van der Waals surface area contributed by atoms with Gasteiger partial charge in [0.25, 0.3) is 0 Å². The van der Waals surface area contributed by atoms with Gasteiger partial charge >= 0.3 is 0 Å². The smallest absolute Gasteiger partial charge is 0.155 e. The molecule has 0 bridgehead atoms. The number of aromatic nitrogens is 2. The van der Waals surface area contributed by atoms with Crippen molar-refractivity contribution in [1.82, 2.24) is 10.1 Å². The van der Waals surface area contributed by atoms with Crippen molar-refractivity contribution in [3.63, 3.8) is 0 Å². The zero-order chi connectivity index (χ0) is 13.1. The lowest BCUT2D eigenvalue weighted by atomic mass is 9.95. The standard InChI is InChI=1S/C14H14N4O/c15-8-11-7-10-3-1-2-4-13(10)18-14(11)16-9-12-5-6-17-19-12/h5-7H,1-4,9H2,(H,16,18). The minimum absolute atomic E-state index is 0.487. The van der Waals surface area contributed by atoms with Gasteiger partial charge in [0.05, 0.1) is 18.3 Å². The molecule has 1 aliphatic rings. The molecule has 0 atom stereocenters. The lowest BCUT2D eigenvalue weighted by Gasteiger charge is -2.17. The predicted octanol–water partition coefficient (Wildman–Crippen LogP) is 2.43. The second-order valence-electron chi connectivity index (χ2n) is 4.64. The third kappa shape index (κ3) is 2.43. The Bertz CT molecular complexity index is 613. The fourth-order valence-corrected chi connectivity index (χ4v) is 2.36. The summed E-state index contributed by atoms with van der Waals surface area (Å²) in [6.45, 7) is 0.487. The second kappa shape index (κ2) is 5.11. The number of nitrogens with one attached hydrogen (secondary N) is 1. The van der Waals surface area contributed by atoms with Crippen LogP contribution in [-0.2, 0) is 19.4 Å². The first-order valence-electron chi connectivity index (χ1n) is 6.43. The molecule has 0 aliphatic heterocycles. The summed E-state index contributed by atoms with van der Waals surface area (Å²) in [6, 6.07) is 5.96. The Hall–Kier alpha value is -2.35. The largest absolute Gasteiger partial charge is 0.362 e. The van der Waals surface area contributed by atoms with Gasteiger partial charge in [-0.15, -0.1) is 0 Å². The van der Waals surface area contributed by atoms with E-state index in [1.54, 1.807) is 12.3 Å². The Morgan fingerprint density at radius 3 is 3.05 bits per heavy atom. The molecule has 2 heterocycles. The summed E-state index contributed by atoms with van der Waals surface area (Å²) in [5, 5.41) is 16.0. The Morgan fingerprint density at radius 2 is 2.26 bits per heavy atom. The fourth-order valence-electron chi connectivity index (χ4n) is 2.36. The number of nitriles is 1. The van der Waals surface area contributed by atoms with Crippen molar-refractivity contribution in [3.05, 3.63) is 40.9 Å². The van der Waals surface area contributed by atoms with Crippen LogP contribution < -0.4 is 5.32 Å². The number of fused-ring (bicyclic) bond motifs is 1. The average Bonchev–Trinajstić information content (AvgIpc) is 2.97. The molecule has 5 nitrogen and oxygen atoms in total. The van der Waals surface area contributed by atoms with E-state index in [0.29, 0.717) is 17.9 Å². The van der Waals surface area contributed by atoms with Crippen LogP contribution in [-0.4, -0.2) is 10.1 Å². The topological polar surface area (TPSA) is 74.7 Å². The maximum absolute atomic E-state index is 9.21. The lowest BCUT2D eigenvalue weighted by molar-refractivity contribution is 0.388. The van der Waals surface area contributed by atoms with Crippen LogP contribution in [0.25, 0.3) is 0 Å². The molecule has 0 unspecified atom stereocenters. The highest BCUT2D eigenvalue weighted by Crippen LogP contribution is 2.24. The van der Waals surface area contributed by atoms with E-state index in [1.165, 1.54) is 18.4 Å². The lowest BCUT2D eigenvalue weighted by Crippen LogP contribution is -2.10. The number of aryl methyl sites for hydroxylation is 2. The van der Waals surface area contributed by atoms with E-state index >= 15 is 0 Å². The van der Waals surface area contributed by atoms with Crippen molar-refractivity contribution in [3.8, 4) is 6.07 Å². The second-order valence-corrected chi connectivity index (χ2v) is 4.64. The van der Waals surface area contributed by atoms with E-state index in [4.69, 9.17) is 4.52 Å². The Balaban J connectivity index is 1.85. The molecule has 1 aliphatic carbocycles. The van der Waals surface area contributed by atoms with Crippen LogP contribution in [0.1, 0.15) is 35.4 Å². The molecule has 5 heteroatoms. The molecule has 2 aromatic rings. The van der Waals surface area contributed by atoms with Gasteiger partial charge in [0.2, 0.25) is 0 Å². The molecule has 19 heavy (non-hydrogen) atoms. The highest BCUT2D eigenvalue weighted by molar-refractivity contribution is 5.54. The molecule has 3 rings (SSSR count). The predicted molar refractivity (Wildman–Crippen MR) is 69.4 cm³/mol. The molecule has 0 saturated heterocycles. The van der Waals surface area contributed by atoms with Crippen LogP contribution >= 0.6 is 0 Å². The molecule has 0 saturated carbocycles. The van der Waals surface area contributed by atoms with Crippen molar-refractivity contribution in [2.45, 2.75) is 32.2 Å². The van der Waals surface area contributed by atoms with Gasteiger partial charge in [0.15, 0.2) is 5.76 Å². The first-order chi connectivity index (χ1) is 9.36. The Labute approximate surface area is 111 Å². The van der Waals surface area contributed by atoms with Crippen molar-refractivity contribution < 1.29 is 4.52 Å². The van der Waals surface area contributed by atoms with Gasteiger partial charge < -0.3 is 9.84 Å². The molecule has 0 radical (unpaired) electrons. The molecular weight excluding hydrogens is 240 g/mol. The van der Waals surface area contributed by atoms with Gasteiger partial charge in [0, 0.05) is 11.8 Å². The van der Waals surface area contributed by atoms with Crippen molar-refractivity contribution in [2.24, 2.45) is 0 Å². The van der Waals surface area contributed by atoms with Gasteiger partial charge in [-0.25, -0.2) is 4.98 Å². The van der Waals surface area contributed by atoms with Crippen molar-refractivity contribution in [2.75, 3.05) is 5.32 Å². The fraction of sp³-hybridized carbons (Fsp3) is 0.357. The zero-order valence-corrected chi connectivity index (χ0v) is 10.5. The van der Waals surface area contributed by atoms with Crippen LogP contribution in [0.5, 0.6) is 0 Å². The molecule has 0 aromatic carbocycles. The molecule has 2 aromatic heterocycles. The number of nitrogens with zero attached hydrogens (tertiary/aromatic N) is 3. The van der Waals surface area contributed by atoms with Gasteiger partial charge in [-0.3, -0.25) is 0 Å². The summed E-state index contributed by atoms with van der Waals surface area (Å²) in [5.74, 6) is 1.36. The molecule has 0 fully saturated rings. The first kappa shape index (κ1) is 11.7. The molecule has 0 amide bonds. The zero-order valence-electron chi connectivity index (χ0n) is 10.5. The SMILES string of the molecule is N#Cc1cc2c(nc1NCc1ccno1)CCCC2. The van der Waals surface area contributed by atoms with E-state index in [2.05, 4.69) is 21.5 Å². The minimum Gasteiger partial charge on any atom is -0.362 e. The van der Waals surface area contributed by atoms with Crippen LogP contribution in [0.3, 0.4) is 0 Å². The Kier molecular flexibility index (Phi) is 3.15. The first-order valence-corrected chi connectivity index (χ1v) is 6.43. The van der Waals surface area contributed by atoms with E-state index in [0.717, 1.165) is 24.3 Å². The quantitative estimate of drug-likeness (QED) is 0.910. The van der Waals surface area contributed by atoms with Gasteiger partial charge in [-0.05, 0) is 37.3 Å². The summed E-state index contributed by atoms with van der Waals surface area (Å²) in [6.07, 6.45) is 5.98. The summed E-state index contributed by atoms with van der Waals surface area (Å²) in [4.78, 5) is 4.59. The highest BCUT2D eigenvalue weighted by Gasteiger charge is 2.15. The van der Waals surface area contributed by atoms with Crippen molar-refractivity contribution >= 4 is 5.82 Å². The maximum Gasteiger partial charge on any atom is 0.155 e. The van der Waals surface area contributed by atoms with Gasteiger partial charge in [-0.2, -0.15) is 5.26 Å². The van der Waals surface area contributed by atoms with Crippen LogP contribution in [0.2, 0.25) is 0 Å². The number of hydrogen-bond donors (Lipinski definition) is 1. The summed E-state index contributed by atoms with van der Waals surface area (Å²) >= 11 is 0. The highest BCUT2D eigenvalue weighted by atomic mass is 16.5. The normalized spacial score (nSPS) is 13.6. The minimum atomic E-state index is 0.487. The molecule has 96 valence electrons. The van der Waals surface area contributed by atoms with Crippen molar-refractivity contribution in [1.29, 1.82) is 5.26 Å². The monoisotopic (exact) mass is 254 g/mol. The third-order valence-electron chi connectivity index (χ3n) is 3.34. The van der Waals surface area contributed by atoms with Crippen LogP contribution in [0, 0.1) is 11.3 Å². The summed E-state index contributed by atoms with van der Waals surface area (Å²) in [7, 11) is 0. The molecule has 0 spiro atoms. The van der Waals surface area contributed by atoms with E-state index in [9.17, 15) is 5.26 Å². The van der Waals surface area contributed by atoms with Gasteiger partial charge in [-0.1, -0.05) is 5.16 Å². The molecular formula is C14H14N4O. The summed E-state index contributed by atoms with van der Waals surface area (Å²) in [5.41, 5.74) is 2.93. The Morgan fingerprint density at radius 1 is 1.37 bits per heavy atom. The van der Waals surface area contributed by atoms with E-state index in [1.807, 2.05) is 6.07 Å². The van der Waals surface area contributed by atoms with Crippen LogP contribution in [0.4, 0.5) is 5.82 Å². The van der Waals surface area contributed by atoms with E-state index < -0.39 is 0 Å². The number of pyridine rings is 1. The summed E-state index contributed by atoms with van der Waals surface area (Å²) < 4.78 is 5.02. The van der Waals surface area contributed by atoms with E-state index in [-0.39, 0.29) is 0 Å². The number of rotatable bonds is 3. The third-order valence-corrected chi connectivity index (χ3v) is 3.34. The number of anilines is 1. The van der Waals surface area contributed by atoms with Crippen LogP contribution in [0.15, 0.2) is 22.9 Å². The average molecular weight is 254 g/mol.